The number of esters is 1. The Hall–Kier alpha value is -2.55. The van der Waals surface area contributed by atoms with Crippen molar-refractivity contribution in [3.63, 3.8) is 0 Å². The summed E-state index contributed by atoms with van der Waals surface area (Å²) in [6.45, 7) is 3.23. The Labute approximate surface area is 150 Å². The van der Waals surface area contributed by atoms with Crippen LogP contribution in [0.1, 0.15) is 29.9 Å². The van der Waals surface area contributed by atoms with E-state index in [0.29, 0.717) is 15.2 Å². The van der Waals surface area contributed by atoms with E-state index >= 15 is 0 Å². The highest BCUT2D eigenvalue weighted by Gasteiger charge is 2.35. The van der Waals surface area contributed by atoms with Gasteiger partial charge < -0.3 is 4.74 Å². The highest BCUT2D eigenvalue weighted by molar-refractivity contribution is 6.33. The average molecular weight is 391 g/mol. The predicted octanol–water partition coefficient (Wildman–Crippen LogP) is 2.77. The van der Waals surface area contributed by atoms with Gasteiger partial charge in [-0.1, -0.05) is 11.6 Å². The van der Waals surface area contributed by atoms with Crippen molar-refractivity contribution in [3.05, 3.63) is 61.4 Å². The average Bonchev–Trinajstić information content (AvgIpc) is 2.50. The minimum atomic E-state index is -4.86. The first-order valence-electron chi connectivity index (χ1n) is 7.34. The van der Waals surface area contributed by atoms with Crippen LogP contribution in [0.5, 0.6) is 0 Å². The van der Waals surface area contributed by atoms with E-state index in [0.717, 1.165) is 13.1 Å². The molecule has 0 amide bonds. The number of halogens is 4. The smallest absolute Gasteiger partial charge is 0.431 e. The van der Waals surface area contributed by atoms with Gasteiger partial charge in [0.15, 0.2) is 0 Å². The van der Waals surface area contributed by atoms with Gasteiger partial charge in [-0.05, 0) is 32.0 Å². The summed E-state index contributed by atoms with van der Waals surface area (Å²) in [5.74, 6) is -0.788. The van der Waals surface area contributed by atoms with Crippen molar-refractivity contribution in [2.45, 2.75) is 26.1 Å². The largest absolute Gasteiger partial charge is 0.459 e. The van der Waals surface area contributed by atoms with E-state index in [1.807, 2.05) is 0 Å². The topological polar surface area (TPSA) is 70.3 Å². The van der Waals surface area contributed by atoms with Crippen molar-refractivity contribution < 1.29 is 22.7 Å². The summed E-state index contributed by atoms with van der Waals surface area (Å²) in [5.41, 5.74) is -4.01. The number of carbonyl (C=O) groups is 1. The summed E-state index contributed by atoms with van der Waals surface area (Å²) in [6, 6.07) is 3.91. The summed E-state index contributed by atoms with van der Waals surface area (Å²) in [4.78, 5) is 36.4. The van der Waals surface area contributed by atoms with Gasteiger partial charge in [0.2, 0.25) is 0 Å². The minimum Gasteiger partial charge on any atom is -0.459 e. The van der Waals surface area contributed by atoms with E-state index in [4.69, 9.17) is 16.3 Å². The Morgan fingerprint density at radius 2 is 1.81 bits per heavy atom. The van der Waals surface area contributed by atoms with Crippen LogP contribution >= 0.6 is 11.6 Å². The van der Waals surface area contributed by atoms with E-state index in [9.17, 15) is 27.6 Å². The molecule has 10 heteroatoms. The number of benzene rings is 1. The molecule has 140 valence electrons. The molecule has 0 spiro atoms. The lowest BCUT2D eigenvalue weighted by molar-refractivity contribution is -0.144. The lowest BCUT2D eigenvalue weighted by Crippen LogP contribution is -2.40. The second kappa shape index (κ2) is 6.99. The molecule has 1 aromatic heterocycles. The van der Waals surface area contributed by atoms with Gasteiger partial charge in [-0.15, -0.1) is 0 Å². The molecule has 0 saturated heterocycles. The van der Waals surface area contributed by atoms with Crippen molar-refractivity contribution in [3.8, 4) is 5.69 Å². The summed E-state index contributed by atoms with van der Waals surface area (Å²) in [6.07, 6.45) is -5.30. The van der Waals surface area contributed by atoms with Crippen LogP contribution in [0.3, 0.4) is 0 Å². The monoisotopic (exact) mass is 390 g/mol. The van der Waals surface area contributed by atoms with Crippen molar-refractivity contribution >= 4 is 17.6 Å². The van der Waals surface area contributed by atoms with Gasteiger partial charge in [-0.25, -0.2) is 14.2 Å². The van der Waals surface area contributed by atoms with Crippen LogP contribution in [0, 0.1) is 0 Å². The van der Waals surface area contributed by atoms with Crippen LogP contribution < -0.4 is 11.2 Å². The first kappa shape index (κ1) is 19.8. The van der Waals surface area contributed by atoms with Crippen LogP contribution in [0.15, 0.2) is 33.9 Å². The third-order valence-corrected chi connectivity index (χ3v) is 3.71. The lowest BCUT2D eigenvalue weighted by Gasteiger charge is -2.15. The zero-order valence-electron chi connectivity index (χ0n) is 13.9. The molecule has 0 fully saturated rings. The van der Waals surface area contributed by atoms with Crippen LogP contribution in [-0.4, -0.2) is 21.2 Å². The van der Waals surface area contributed by atoms with Gasteiger partial charge in [0.1, 0.15) is 5.69 Å². The second-order valence-corrected chi connectivity index (χ2v) is 6.07. The Bertz CT molecular complexity index is 977. The molecule has 0 unspecified atom stereocenters. The molecule has 0 aliphatic carbocycles. The van der Waals surface area contributed by atoms with Gasteiger partial charge in [-0.2, -0.15) is 13.2 Å². The van der Waals surface area contributed by atoms with Gasteiger partial charge in [0.25, 0.3) is 5.56 Å². The summed E-state index contributed by atoms with van der Waals surface area (Å²) in [5, 5.41) is 0.0104. The highest BCUT2D eigenvalue weighted by Crippen LogP contribution is 2.27. The molecular weight excluding hydrogens is 377 g/mol. The minimum absolute atomic E-state index is 0.0104. The van der Waals surface area contributed by atoms with Crippen molar-refractivity contribution in [2.24, 2.45) is 7.05 Å². The maximum absolute atomic E-state index is 12.9. The SMILES string of the molecule is CC(C)OC(=O)c1cc(-n2c(=O)cc(C(F)(F)F)n(C)c2=O)ccc1Cl. The molecule has 0 radical (unpaired) electrons. The van der Waals surface area contributed by atoms with E-state index < -0.39 is 35.2 Å². The van der Waals surface area contributed by atoms with Crippen LogP contribution in [0.2, 0.25) is 5.02 Å². The standard InChI is InChI=1S/C16H14ClF3N2O4/c1-8(2)26-14(24)10-6-9(4-5-11(10)17)22-13(23)7-12(16(18,19)20)21(3)15(22)25/h4-8H,1-3H3. The summed E-state index contributed by atoms with van der Waals surface area (Å²) >= 11 is 5.94. The van der Waals surface area contributed by atoms with Gasteiger partial charge in [0.05, 0.1) is 22.4 Å². The second-order valence-electron chi connectivity index (χ2n) is 5.66. The number of hydrogen-bond donors (Lipinski definition) is 0. The number of rotatable bonds is 3. The Morgan fingerprint density at radius 1 is 1.19 bits per heavy atom. The molecule has 1 aromatic carbocycles. The molecule has 2 aromatic rings. The molecule has 2 rings (SSSR count). The summed E-state index contributed by atoms with van der Waals surface area (Å²) < 4.78 is 44.5. The van der Waals surface area contributed by atoms with Crippen molar-refractivity contribution in [1.29, 1.82) is 0 Å². The van der Waals surface area contributed by atoms with E-state index in [2.05, 4.69) is 0 Å². The van der Waals surface area contributed by atoms with E-state index in [1.54, 1.807) is 13.8 Å². The molecule has 26 heavy (non-hydrogen) atoms. The fourth-order valence-corrected chi connectivity index (χ4v) is 2.42. The van der Waals surface area contributed by atoms with Crippen LogP contribution in [-0.2, 0) is 18.0 Å². The molecule has 6 nitrogen and oxygen atoms in total. The Kier molecular flexibility index (Phi) is 5.31. The van der Waals surface area contributed by atoms with Crippen LogP contribution in [0.4, 0.5) is 13.2 Å². The van der Waals surface area contributed by atoms with E-state index in [-0.39, 0.29) is 16.3 Å². The van der Waals surface area contributed by atoms with Gasteiger partial charge >= 0.3 is 17.8 Å². The number of aromatic nitrogens is 2. The highest BCUT2D eigenvalue weighted by atomic mass is 35.5. The normalized spacial score (nSPS) is 11.7. The molecule has 0 aliphatic rings. The predicted molar refractivity (Wildman–Crippen MR) is 87.8 cm³/mol. The van der Waals surface area contributed by atoms with Crippen molar-refractivity contribution in [1.82, 2.24) is 9.13 Å². The first-order valence-corrected chi connectivity index (χ1v) is 7.72. The summed E-state index contributed by atoms with van der Waals surface area (Å²) in [7, 11) is 0.894. The molecule has 0 N–H and O–H groups in total. The maximum atomic E-state index is 12.9. The maximum Gasteiger partial charge on any atom is 0.431 e. The molecular formula is C16H14ClF3N2O4. The Morgan fingerprint density at radius 3 is 2.35 bits per heavy atom. The molecule has 0 saturated carbocycles. The molecule has 0 atom stereocenters. The van der Waals surface area contributed by atoms with Gasteiger partial charge in [-0.3, -0.25) is 9.36 Å². The number of ether oxygens (including phenoxy) is 1. The number of nitrogens with zero attached hydrogens (tertiary/aromatic N) is 2. The Balaban J connectivity index is 2.67. The number of alkyl halides is 3. The number of hydrogen-bond acceptors (Lipinski definition) is 4. The molecule has 1 heterocycles. The number of carbonyl (C=O) groups excluding carboxylic acids is 1. The molecule has 0 bridgehead atoms. The quantitative estimate of drug-likeness (QED) is 0.756. The van der Waals surface area contributed by atoms with Crippen molar-refractivity contribution in [2.75, 3.05) is 0 Å². The van der Waals surface area contributed by atoms with Gasteiger partial charge in [0, 0.05) is 13.1 Å². The fourth-order valence-electron chi connectivity index (χ4n) is 2.22. The first-order chi connectivity index (χ1) is 11.9. The third-order valence-electron chi connectivity index (χ3n) is 3.38. The third kappa shape index (κ3) is 3.82. The lowest BCUT2D eigenvalue weighted by atomic mass is 10.2. The van der Waals surface area contributed by atoms with Crippen LogP contribution in [0.25, 0.3) is 5.69 Å². The van der Waals surface area contributed by atoms with E-state index in [1.165, 1.54) is 12.1 Å². The fraction of sp³-hybridized carbons (Fsp3) is 0.312. The molecule has 0 aliphatic heterocycles. The zero-order chi connectivity index (χ0) is 19.8. The zero-order valence-corrected chi connectivity index (χ0v) is 14.7.